The van der Waals surface area contributed by atoms with Gasteiger partial charge in [-0.15, -0.1) is 0 Å². The number of hydrogen-bond donors (Lipinski definition) is 0. The average Bonchev–Trinajstić information content (AvgIpc) is 2.47. The lowest BCUT2D eigenvalue weighted by Gasteiger charge is -2.03. The summed E-state index contributed by atoms with van der Waals surface area (Å²) < 4.78 is 6.94. The van der Waals surface area contributed by atoms with Gasteiger partial charge in [-0.3, -0.25) is 4.68 Å². The Kier molecular flexibility index (Phi) is 3.48. The van der Waals surface area contributed by atoms with Crippen LogP contribution >= 0.6 is 15.9 Å². The van der Waals surface area contributed by atoms with E-state index in [2.05, 4.69) is 25.8 Å². The molecule has 0 atom stereocenters. The molecule has 0 spiro atoms. The van der Waals surface area contributed by atoms with E-state index in [1.165, 1.54) is 7.11 Å². The van der Waals surface area contributed by atoms with Crippen LogP contribution in [-0.2, 0) is 11.3 Å². The van der Waals surface area contributed by atoms with E-state index in [1.54, 1.807) is 10.9 Å². The Hall–Kier alpha value is -0.840. The van der Waals surface area contributed by atoms with Crippen molar-refractivity contribution in [2.24, 2.45) is 0 Å². The van der Waals surface area contributed by atoms with E-state index < -0.39 is 0 Å². The molecule has 0 radical (unpaired) electrons. The topological polar surface area (TPSA) is 44.1 Å². The van der Waals surface area contributed by atoms with Gasteiger partial charge in [-0.05, 0) is 22.4 Å². The van der Waals surface area contributed by atoms with Gasteiger partial charge in [-0.25, -0.2) is 4.79 Å². The Bertz CT molecular complexity index is 309. The van der Waals surface area contributed by atoms with Crippen LogP contribution in [0.4, 0.5) is 0 Å². The molecule has 0 aliphatic heterocycles. The van der Waals surface area contributed by atoms with Crippen LogP contribution in [0.1, 0.15) is 23.8 Å². The molecule has 0 N–H and O–H groups in total. The van der Waals surface area contributed by atoms with E-state index in [-0.39, 0.29) is 5.97 Å². The fraction of sp³-hybridized carbons (Fsp3) is 0.500. The van der Waals surface area contributed by atoms with Crippen LogP contribution in [0.25, 0.3) is 0 Å². The lowest BCUT2D eigenvalue weighted by Crippen LogP contribution is -2.12. The van der Waals surface area contributed by atoms with E-state index in [9.17, 15) is 4.79 Å². The largest absolute Gasteiger partial charge is 0.464 e. The summed E-state index contributed by atoms with van der Waals surface area (Å²) in [6.45, 7) is 2.74. The quantitative estimate of drug-likeness (QED) is 0.765. The molecule has 72 valence electrons. The molecule has 1 rings (SSSR count). The molecule has 1 heterocycles. The van der Waals surface area contributed by atoms with Crippen molar-refractivity contribution in [3.8, 4) is 0 Å². The molecule has 5 heteroatoms. The molecule has 0 fully saturated rings. The number of aryl methyl sites for hydroxylation is 1. The molecular weight excluding hydrogens is 236 g/mol. The minimum atomic E-state index is -0.363. The molecule has 13 heavy (non-hydrogen) atoms. The SMILES string of the molecule is CCCn1ncc(Br)c1C(=O)OC. The number of nitrogens with zero attached hydrogens (tertiary/aromatic N) is 2. The minimum absolute atomic E-state index is 0.363. The summed E-state index contributed by atoms with van der Waals surface area (Å²) in [5.41, 5.74) is 0.476. The van der Waals surface area contributed by atoms with E-state index >= 15 is 0 Å². The zero-order valence-electron chi connectivity index (χ0n) is 7.58. The van der Waals surface area contributed by atoms with Crippen molar-refractivity contribution in [3.05, 3.63) is 16.4 Å². The summed E-state index contributed by atoms with van der Waals surface area (Å²) in [4.78, 5) is 11.3. The summed E-state index contributed by atoms with van der Waals surface area (Å²) in [6, 6.07) is 0. The first-order valence-electron chi connectivity index (χ1n) is 4.00. The third-order valence-corrected chi connectivity index (χ3v) is 2.19. The standard InChI is InChI=1S/C8H11BrN2O2/c1-3-4-11-7(8(12)13-2)6(9)5-10-11/h5H,3-4H2,1-2H3. The highest BCUT2D eigenvalue weighted by Gasteiger charge is 2.16. The predicted octanol–water partition coefficient (Wildman–Crippen LogP) is 1.84. The highest BCUT2D eigenvalue weighted by molar-refractivity contribution is 9.10. The zero-order valence-corrected chi connectivity index (χ0v) is 9.17. The first-order valence-corrected chi connectivity index (χ1v) is 4.79. The summed E-state index contributed by atoms with van der Waals surface area (Å²) in [7, 11) is 1.36. The van der Waals surface area contributed by atoms with Crippen LogP contribution in [-0.4, -0.2) is 22.9 Å². The number of rotatable bonds is 3. The van der Waals surface area contributed by atoms with Crippen LogP contribution in [0.2, 0.25) is 0 Å². The van der Waals surface area contributed by atoms with E-state index in [4.69, 9.17) is 0 Å². The minimum Gasteiger partial charge on any atom is -0.464 e. The number of methoxy groups -OCH3 is 1. The zero-order chi connectivity index (χ0) is 9.84. The fourth-order valence-electron chi connectivity index (χ4n) is 1.04. The Morgan fingerprint density at radius 2 is 2.46 bits per heavy atom. The molecule has 0 bridgehead atoms. The second-order valence-corrected chi connectivity index (χ2v) is 3.41. The van der Waals surface area contributed by atoms with Crippen molar-refractivity contribution in [2.75, 3.05) is 7.11 Å². The van der Waals surface area contributed by atoms with Gasteiger partial charge in [0, 0.05) is 6.54 Å². The first-order chi connectivity index (χ1) is 6.20. The van der Waals surface area contributed by atoms with Gasteiger partial charge in [-0.2, -0.15) is 5.10 Å². The van der Waals surface area contributed by atoms with Crippen molar-refractivity contribution in [2.45, 2.75) is 19.9 Å². The third kappa shape index (κ3) is 2.09. The van der Waals surface area contributed by atoms with Crippen LogP contribution in [0.5, 0.6) is 0 Å². The van der Waals surface area contributed by atoms with Crippen molar-refractivity contribution >= 4 is 21.9 Å². The lowest BCUT2D eigenvalue weighted by molar-refractivity contribution is 0.0585. The van der Waals surface area contributed by atoms with Crippen LogP contribution in [0, 0.1) is 0 Å². The maximum absolute atomic E-state index is 11.3. The molecule has 1 aromatic rings. The maximum atomic E-state index is 11.3. The number of hydrogen-bond acceptors (Lipinski definition) is 3. The van der Waals surface area contributed by atoms with Gasteiger partial charge in [-0.1, -0.05) is 6.92 Å². The highest BCUT2D eigenvalue weighted by Crippen LogP contribution is 2.16. The van der Waals surface area contributed by atoms with Crippen molar-refractivity contribution < 1.29 is 9.53 Å². The molecule has 0 saturated heterocycles. The number of esters is 1. The summed E-state index contributed by atoms with van der Waals surface area (Å²) in [6.07, 6.45) is 2.53. The van der Waals surface area contributed by atoms with E-state index in [1.807, 2.05) is 6.92 Å². The number of carbonyl (C=O) groups is 1. The number of halogens is 1. The van der Waals surface area contributed by atoms with Crippen LogP contribution in [0.15, 0.2) is 10.7 Å². The van der Waals surface area contributed by atoms with Gasteiger partial charge in [0.25, 0.3) is 0 Å². The molecule has 0 aromatic carbocycles. The summed E-state index contributed by atoms with van der Waals surface area (Å²) >= 11 is 3.24. The summed E-state index contributed by atoms with van der Waals surface area (Å²) in [5.74, 6) is -0.363. The van der Waals surface area contributed by atoms with Gasteiger partial charge in [0.2, 0.25) is 0 Å². The lowest BCUT2D eigenvalue weighted by atomic mass is 10.4. The molecule has 4 nitrogen and oxygen atoms in total. The first kappa shape index (κ1) is 10.2. The maximum Gasteiger partial charge on any atom is 0.357 e. The van der Waals surface area contributed by atoms with Gasteiger partial charge in [0.15, 0.2) is 5.69 Å². The van der Waals surface area contributed by atoms with E-state index in [0.29, 0.717) is 10.2 Å². The Balaban J connectivity index is 3.01. The second kappa shape index (κ2) is 4.41. The molecular formula is C8H11BrN2O2. The van der Waals surface area contributed by atoms with Gasteiger partial charge in [0.05, 0.1) is 17.8 Å². The highest BCUT2D eigenvalue weighted by atomic mass is 79.9. The molecule has 0 aliphatic rings. The third-order valence-electron chi connectivity index (χ3n) is 1.61. The van der Waals surface area contributed by atoms with Crippen LogP contribution in [0.3, 0.4) is 0 Å². The van der Waals surface area contributed by atoms with Gasteiger partial charge >= 0.3 is 5.97 Å². The molecule has 0 amide bonds. The molecule has 0 aliphatic carbocycles. The normalized spacial score (nSPS) is 10.1. The number of carbonyl (C=O) groups excluding carboxylic acids is 1. The molecule has 0 unspecified atom stereocenters. The molecule has 0 saturated carbocycles. The number of aromatic nitrogens is 2. The monoisotopic (exact) mass is 246 g/mol. The Morgan fingerprint density at radius 1 is 1.77 bits per heavy atom. The molecule has 1 aromatic heterocycles. The van der Waals surface area contributed by atoms with Gasteiger partial charge in [0.1, 0.15) is 0 Å². The number of ether oxygens (including phenoxy) is 1. The average molecular weight is 247 g/mol. The van der Waals surface area contributed by atoms with Gasteiger partial charge < -0.3 is 4.74 Å². The van der Waals surface area contributed by atoms with Crippen molar-refractivity contribution in [1.82, 2.24) is 9.78 Å². The Labute approximate surface area is 85.0 Å². The smallest absolute Gasteiger partial charge is 0.357 e. The second-order valence-electron chi connectivity index (χ2n) is 2.56. The Morgan fingerprint density at radius 3 is 3.00 bits per heavy atom. The van der Waals surface area contributed by atoms with Crippen molar-refractivity contribution in [3.63, 3.8) is 0 Å². The van der Waals surface area contributed by atoms with Crippen molar-refractivity contribution in [1.29, 1.82) is 0 Å². The summed E-state index contributed by atoms with van der Waals surface area (Å²) in [5, 5.41) is 4.04. The van der Waals surface area contributed by atoms with Crippen LogP contribution < -0.4 is 0 Å². The van der Waals surface area contributed by atoms with E-state index in [0.717, 1.165) is 13.0 Å². The fourth-order valence-corrected chi connectivity index (χ4v) is 1.50. The predicted molar refractivity (Wildman–Crippen MR) is 51.6 cm³/mol.